The molecule has 0 aliphatic heterocycles. The minimum Gasteiger partial charge on any atom is -0.102 e. The summed E-state index contributed by atoms with van der Waals surface area (Å²) in [4.78, 5) is 0. The summed E-state index contributed by atoms with van der Waals surface area (Å²) in [5.74, 6) is 7.00. The Labute approximate surface area is 88.1 Å². The molecule has 1 atom stereocenters. The summed E-state index contributed by atoms with van der Waals surface area (Å²) in [5.41, 5.74) is 1.78. The monoisotopic (exact) mass is 188 g/mol. The molecule has 1 aliphatic rings. The maximum absolute atomic E-state index is 3.68. The third kappa shape index (κ3) is 2.51. The summed E-state index contributed by atoms with van der Waals surface area (Å²) >= 11 is 0. The van der Waals surface area contributed by atoms with Crippen molar-refractivity contribution in [3.05, 3.63) is 24.3 Å². The van der Waals surface area contributed by atoms with Gasteiger partial charge in [-0.05, 0) is 25.2 Å². The molecule has 1 rings (SSSR count). The van der Waals surface area contributed by atoms with Crippen molar-refractivity contribution in [2.45, 2.75) is 40.0 Å². The number of hydrogen-bond donors (Lipinski definition) is 0. The molecule has 0 bridgehead atoms. The zero-order valence-electron chi connectivity index (χ0n) is 9.56. The highest BCUT2D eigenvalue weighted by Gasteiger charge is 2.31. The van der Waals surface area contributed by atoms with Crippen LogP contribution in [-0.2, 0) is 0 Å². The molecule has 0 fully saturated rings. The van der Waals surface area contributed by atoms with Gasteiger partial charge < -0.3 is 0 Å². The summed E-state index contributed by atoms with van der Waals surface area (Å²) < 4.78 is 0. The highest BCUT2D eigenvalue weighted by Crippen LogP contribution is 2.40. The van der Waals surface area contributed by atoms with Gasteiger partial charge in [0.05, 0.1) is 0 Å². The second-order valence-electron chi connectivity index (χ2n) is 4.72. The van der Waals surface area contributed by atoms with E-state index in [2.05, 4.69) is 45.3 Å². The maximum atomic E-state index is 3.68. The van der Waals surface area contributed by atoms with Crippen molar-refractivity contribution in [2.75, 3.05) is 0 Å². The van der Waals surface area contributed by atoms with Gasteiger partial charge in [0.2, 0.25) is 0 Å². The Balaban J connectivity index is 2.82. The quantitative estimate of drug-likeness (QED) is 0.432. The van der Waals surface area contributed by atoms with Crippen molar-refractivity contribution in [2.24, 2.45) is 11.3 Å². The van der Waals surface area contributed by atoms with Gasteiger partial charge in [-0.1, -0.05) is 43.4 Å². The molecular weight excluding hydrogens is 168 g/mol. The van der Waals surface area contributed by atoms with E-state index in [-0.39, 0.29) is 0 Å². The highest BCUT2D eigenvalue weighted by atomic mass is 14.3. The Bertz CT molecular complexity index is 294. The van der Waals surface area contributed by atoms with Gasteiger partial charge >= 0.3 is 0 Å². The van der Waals surface area contributed by atoms with Crippen LogP contribution in [0.1, 0.15) is 40.0 Å². The lowest BCUT2D eigenvalue weighted by Crippen LogP contribution is -2.26. The zero-order chi connectivity index (χ0) is 10.6. The van der Waals surface area contributed by atoms with Gasteiger partial charge in [0, 0.05) is 12.3 Å². The Hall–Kier alpha value is -0.960. The van der Waals surface area contributed by atoms with Gasteiger partial charge in [0.1, 0.15) is 0 Å². The minimum absolute atomic E-state index is 0.340. The van der Waals surface area contributed by atoms with Crippen molar-refractivity contribution in [3.8, 4) is 11.8 Å². The Morgan fingerprint density at radius 1 is 1.64 bits per heavy atom. The van der Waals surface area contributed by atoms with E-state index in [1.165, 1.54) is 18.4 Å². The molecule has 0 aromatic carbocycles. The van der Waals surface area contributed by atoms with E-state index in [1.807, 2.05) is 6.08 Å². The summed E-state index contributed by atoms with van der Waals surface area (Å²) in [6, 6.07) is 0. The van der Waals surface area contributed by atoms with Crippen LogP contribution in [0.3, 0.4) is 0 Å². The van der Waals surface area contributed by atoms with Crippen molar-refractivity contribution in [1.82, 2.24) is 0 Å². The predicted molar refractivity (Wildman–Crippen MR) is 62.9 cm³/mol. The van der Waals surface area contributed by atoms with Crippen molar-refractivity contribution in [1.29, 1.82) is 0 Å². The first-order chi connectivity index (χ1) is 6.58. The largest absolute Gasteiger partial charge is 0.102 e. The SMILES string of the molecule is C=CCC#CC1C(C)=CCCC1(C)C. The van der Waals surface area contributed by atoms with Crippen LogP contribution in [0.5, 0.6) is 0 Å². The summed E-state index contributed by atoms with van der Waals surface area (Å²) in [7, 11) is 0. The third-order valence-corrected chi connectivity index (χ3v) is 2.98. The van der Waals surface area contributed by atoms with Crippen LogP contribution in [0.2, 0.25) is 0 Å². The molecule has 0 saturated carbocycles. The fraction of sp³-hybridized carbons (Fsp3) is 0.571. The van der Waals surface area contributed by atoms with Gasteiger partial charge in [-0.2, -0.15) is 0 Å². The van der Waals surface area contributed by atoms with Crippen molar-refractivity contribution >= 4 is 0 Å². The van der Waals surface area contributed by atoms with Crippen LogP contribution < -0.4 is 0 Å². The molecule has 0 aromatic heterocycles. The van der Waals surface area contributed by atoms with Crippen molar-refractivity contribution in [3.63, 3.8) is 0 Å². The van der Waals surface area contributed by atoms with Gasteiger partial charge in [-0.3, -0.25) is 0 Å². The van der Waals surface area contributed by atoms with E-state index in [0.29, 0.717) is 11.3 Å². The molecule has 0 heterocycles. The van der Waals surface area contributed by atoms with Crippen LogP contribution in [0.25, 0.3) is 0 Å². The molecule has 0 radical (unpaired) electrons. The first-order valence-electron chi connectivity index (χ1n) is 5.34. The van der Waals surface area contributed by atoms with E-state index in [1.54, 1.807) is 0 Å². The summed E-state index contributed by atoms with van der Waals surface area (Å²) in [6.45, 7) is 10.5. The Morgan fingerprint density at radius 2 is 2.36 bits per heavy atom. The van der Waals surface area contributed by atoms with Gasteiger partial charge in [-0.15, -0.1) is 6.58 Å². The van der Waals surface area contributed by atoms with Crippen LogP contribution >= 0.6 is 0 Å². The van der Waals surface area contributed by atoms with E-state index in [4.69, 9.17) is 0 Å². The molecule has 0 spiro atoms. The molecule has 14 heavy (non-hydrogen) atoms. The molecule has 0 amide bonds. The lowest BCUT2D eigenvalue weighted by Gasteiger charge is -2.35. The lowest BCUT2D eigenvalue weighted by atomic mass is 9.69. The minimum atomic E-state index is 0.340. The summed E-state index contributed by atoms with van der Waals surface area (Å²) in [6.07, 6.45) is 7.45. The van der Waals surface area contributed by atoms with Gasteiger partial charge in [0.25, 0.3) is 0 Å². The highest BCUT2D eigenvalue weighted by molar-refractivity contribution is 5.24. The molecule has 1 unspecified atom stereocenters. The molecular formula is C14H20. The topological polar surface area (TPSA) is 0 Å². The van der Waals surface area contributed by atoms with Crippen LogP contribution in [0.15, 0.2) is 24.3 Å². The molecule has 76 valence electrons. The average Bonchev–Trinajstić information content (AvgIpc) is 2.09. The van der Waals surface area contributed by atoms with Gasteiger partial charge in [0.15, 0.2) is 0 Å². The Kier molecular flexibility index (Phi) is 3.58. The van der Waals surface area contributed by atoms with Crippen LogP contribution in [0, 0.1) is 23.2 Å². The second-order valence-corrected chi connectivity index (χ2v) is 4.72. The van der Waals surface area contributed by atoms with Gasteiger partial charge in [-0.25, -0.2) is 0 Å². The van der Waals surface area contributed by atoms with E-state index >= 15 is 0 Å². The van der Waals surface area contributed by atoms with Crippen LogP contribution in [-0.4, -0.2) is 0 Å². The first-order valence-corrected chi connectivity index (χ1v) is 5.34. The molecule has 0 saturated heterocycles. The predicted octanol–water partition coefficient (Wildman–Crippen LogP) is 3.95. The average molecular weight is 188 g/mol. The molecule has 0 nitrogen and oxygen atoms in total. The molecule has 1 aliphatic carbocycles. The number of allylic oxidation sites excluding steroid dienone is 3. The number of hydrogen-bond acceptors (Lipinski definition) is 0. The normalized spacial score (nSPS) is 24.5. The third-order valence-electron chi connectivity index (χ3n) is 2.98. The molecule has 0 N–H and O–H groups in total. The first kappa shape index (κ1) is 11.1. The van der Waals surface area contributed by atoms with Crippen molar-refractivity contribution < 1.29 is 0 Å². The van der Waals surface area contributed by atoms with E-state index in [0.717, 1.165) is 6.42 Å². The van der Waals surface area contributed by atoms with Crippen LogP contribution in [0.4, 0.5) is 0 Å². The van der Waals surface area contributed by atoms with E-state index in [9.17, 15) is 0 Å². The fourth-order valence-electron chi connectivity index (χ4n) is 2.09. The number of rotatable bonds is 1. The second kappa shape index (κ2) is 4.51. The molecule has 0 aromatic rings. The maximum Gasteiger partial charge on any atom is 0.0460 e. The fourth-order valence-corrected chi connectivity index (χ4v) is 2.09. The van der Waals surface area contributed by atoms with E-state index < -0.39 is 0 Å². The smallest absolute Gasteiger partial charge is 0.0460 e. The molecule has 0 heteroatoms. The lowest BCUT2D eigenvalue weighted by molar-refractivity contribution is 0.263. The Morgan fingerprint density at radius 3 is 2.93 bits per heavy atom. The summed E-state index contributed by atoms with van der Waals surface area (Å²) in [5, 5.41) is 0. The zero-order valence-corrected chi connectivity index (χ0v) is 9.56. The standard InChI is InChI=1S/C14H20/c1-5-6-7-10-13-12(2)9-8-11-14(13,3)4/h5,9,13H,1,6,8,11H2,2-4H3.